The average molecular weight is 477 g/mol. The number of rotatable bonds is 7. The molecule has 1 amide bonds. The summed E-state index contributed by atoms with van der Waals surface area (Å²) in [5.41, 5.74) is 3.34. The first-order valence-corrected chi connectivity index (χ1v) is 10.3. The van der Waals surface area contributed by atoms with Crippen LogP contribution in [0.4, 0.5) is 5.69 Å². The van der Waals surface area contributed by atoms with Crippen LogP contribution in [0, 0.1) is 18.3 Å². The Kier molecular flexibility index (Phi) is 7.47. The molecule has 0 aliphatic rings. The number of carbonyl (C=O) groups is 1. The van der Waals surface area contributed by atoms with Crippen molar-refractivity contribution in [2.45, 2.75) is 13.5 Å². The Hall–Kier alpha value is -3.56. The second-order valence-electron chi connectivity index (χ2n) is 6.79. The molecule has 6 heteroatoms. The van der Waals surface area contributed by atoms with E-state index in [0.29, 0.717) is 33.8 Å². The number of nitriles is 1. The molecule has 0 aliphatic carbocycles. The van der Waals surface area contributed by atoms with Crippen molar-refractivity contribution >= 4 is 33.6 Å². The number of carbonyl (C=O) groups excluding carboxylic acids is 1. The maximum Gasteiger partial charge on any atom is 0.266 e. The van der Waals surface area contributed by atoms with E-state index < -0.39 is 5.91 Å². The van der Waals surface area contributed by atoms with E-state index in [0.717, 1.165) is 11.1 Å². The van der Waals surface area contributed by atoms with Gasteiger partial charge in [-0.25, -0.2) is 0 Å². The second kappa shape index (κ2) is 10.5. The number of hydrogen-bond donors (Lipinski definition) is 1. The van der Waals surface area contributed by atoms with Gasteiger partial charge in [0.25, 0.3) is 5.91 Å². The molecule has 0 fully saturated rings. The molecule has 0 spiro atoms. The van der Waals surface area contributed by atoms with Crippen LogP contribution in [-0.2, 0) is 11.4 Å². The highest BCUT2D eigenvalue weighted by molar-refractivity contribution is 9.10. The maximum atomic E-state index is 12.6. The molecule has 0 unspecified atom stereocenters. The Labute approximate surface area is 190 Å². The number of anilines is 1. The maximum absolute atomic E-state index is 12.6. The molecule has 0 aromatic heterocycles. The SMILES string of the molecule is COc1cc(C=C(C#N)C(=O)Nc2ccc(C)cc2)c(Br)cc1OCc1ccccc1. The minimum Gasteiger partial charge on any atom is -0.493 e. The lowest BCUT2D eigenvalue weighted by molar-refractivity contribution is -0.112. The largest absolute Gasteiger partial charge is 0.493 e. The van der Waals surface area contributed by atoms with Gasteiger partial charge in [-0.1, -0.05) is 64.0 Å². The van der Waals surface area contributed by atoms with Gasteiger partial charge in [0.15, 0.2) is 11.5 Å². The highest BCUT2D eigenvalue weighted by Gasteiger charge is 2.14. The van der Waals surface area contributed by atoms with Crippen LogP contribution in [0.25, 0.3) is 6.08 Å². The number of halogens is 1. The minimum absolute atomic E-state index is 0.0266. The third-order valence-electron chi connectivity index (χ3n) is 4.49. The van der Waals surface area contributed by atoms with Crippen LogP contribution in [-0.4, -0.2) is 13.0 Å². The molecule has 0 aliphatic heterocycles. The molecule has 0 radical (unpaired) electrons. The Bertz CT molecular complexity index is 1130. The predicted octanol–water partition coefficient (Wildman–Crippen LogP) is 5.89. The smallest absolute Gasteiger partial charge is 0.266 e. The number of aryl methyl sites for hydroxylation is 1. The van der Waals surface area contributed by atoms with Crippen molar-refractivity contribution in [3.63, 3.8) is 0 Å². The first-order chi connectivity index (χ1) is 15.0. The van der Waals surface area contributed by atoms with Crippen LogP contribution in [0.1, 0.15) is 16.7 Å². The van der Waals surface area contributed by atoms with Crippen molar-refractivity contribution < 1.29 is 14.3 Å². The van der Waals surface area contributed by atoms with E-state index in [1.54, 1.807) is 31.4 Å². The van der Waals surface area contributed by atoms with E-state index in [9.17, 15) is 10.1 Å². The summed E-state index contributed by atoms with van der Waals surface area (Å²) < 4.78 is 12.0. The summed E-state index contributed by atoms with van der Waals surface area (Å²) in [5.74, 6) is 0.571. The summed E-state index contributed by atoms with van der Waals surface area (Å²) in [4.78, 5) is 12.6. The zero-order valence-electron chi connectivity index (χ0n) is 17.2. The number of amides is 1. The van der Waals surface area contributed by atoms with Gasteiger partial charge in [0.2, 0.25) is 0 Å². The van der Waals surface area contributed by atoms with Crippen molar-refractivity contribution in [2.75, 3.05) is 12.4 Å². The van der Waals surface area contributed by atoms with Crippen molar-refractivity contribution in [2.24, 2.45) is 0 Å². The van der Waals surface area contributed by atoms with Crippen LogP contribution in [0.15, 0.2) is 76.8 Å². The summed E-state index contributed by atoms with van der Waals surface area (Å²) in [5, 5.41) is 12.2. The summed E-state index contributed by atoms with van der Waals surface area (Å²) >= 11 is 3.50. The van der Waals surface area contributed by atoms with Gasteiger partial charge in [0.1, 0.15) is 18.2 Å². The monoisotopic (exact) mass is 476 g/mol. The van der Waals surface area contributed by atoms with Gasteiger partial charge >= 0.3 is 0 Å². The molecule has 156 valence electrons. The number of benzene rings is 3. The molecule has 3 aromatic carbocycles. The summed E-state index contributed by atoms with van der Waals surface area (Å²) in [6, 6.07) is 22.6. The Morgan fingerprint density at radius 1 is 1.10 bits per heavy atom. The Morgan fingerprint density at radius 2 is 1.81 bits per heavy atom. The Morgan fingerprint density at radius 3 is 2.45 bits per heavy atom. The molecule has 3 aromatic rings. The predicted molar refractivity (Wildman–Crippen MR) is 125 cm³/mol. The number of hydrogen-bond acceptors (Lipinski definition) is 4. The first-order valence-electron chi connectivity index (χ1n) is 9.54. The van der Waals surface area contributed by atoms with E-state index in [-0.39, 0.29) is 5.57 Å². The van der Waals surface area contributed by atoms with E-state index in [2.05, 4.69) is 21.2 Å². The van der Waals surface area contributed by atoms with Gasteiger partial charge in [0, 0.05) is 10.2 Å². The van der Waals surface area contributed by atoms with Gasteiger partial charge in [0.05, 0.1) is 7.11 Å². The molecule has 3 rings (SSSR count). The number of methoxy groups -OCH3 is 1. The van der Waals surface area contributed by atoms with Gasteiger partial charge in [-0.2, -0.15) is 5.26 Å². The highest BCUT2D eigenvalue weighted by atomic mass is 79.9. The molecule has 0 heterocycles. The van der Waals surface area contributed by atoms with Crippen LogP contribution < -0.4 is 14.8 Å². The third-order valence-corrected chi connectivity index (χ3v) is 5.18. The lowest BCUT2D eigenvalue weighted by Gasteiger charge is -2.13. The topological polar surface area (TPSA) is 71.3 Å². The first kappa shape index (κ1) is 22.1. The zero-order chi connectivity index (χ0) is 22.2. The lowest BCUT2D eigenvalue weighted by atomic mass is 10.1. The second-order valence-corrected chi connectivity index (χ2v) is 7.64. The number of nitrogens with zero attached hydrogens (tertiary/aromatic N) is 1. The van der Waals surface area contributed by atoms with E-state index in [4.69, 9.17) is 9.47 Å². The van der Waals surface area contributed by atoms with Crippen LogP contribution in [0.5, 0.6) is 11.5 Å². The quantitative estimate of drug-likeness (QED) is 0.340. The molecule has 0 atom stereocenters. The third kappa shape index (κ3) is 5.97. The zero-order valence-corrected chi connectivity index (χ0v) is 18.8. The van der Waals surface area contributed by atoms with Crippen LogP contribution in [0.3, 0.4) is 0 Å². The number of ether oxygens (including phenoxy) is 2. The molecule has 31 heavy (non-hydrogen) atoms. The van der Waals surface area contributed by atoms with Gasteiger partial charge < -0.3 is 14.8 Å². The minimum atomic E-state index is -0.485. The highest BCUT2D eigenvalue weighted by Crippen LogP contribution is 2.35. The standard InChI is InChI=1S/C25H21BrN2O3/c1-17-8-10-21(11-9-17)28-25(29)20(15-27)12-19-13-23(30-2)24(14-22(19)26)31-16-18-6-4-3-5-7-18/h3-14H,16H2,1-2H3,(H,28,29). The van der Waals surface area contributed by atoms with Crippen molar-refractivity contribution in [3.8, 4) is 17.6 Å². The summed E-state index contributed by atoms with van der Waals surface area (Å²) in [6.07, 6.45) is 1.51. The summed E-state index contributed by atoms with van der Waals surface area (Å²) in [7, 11) is 1.54. The van der Waals surface area contributed by atoms with Gasteiger partial charge in [-0.05, 0) is 48.4 Å². The van der Waals surface area contributed by atoms with Crippen LogP contribution in [0.2, 0.25) is 0 Å². The summed E-state index contributed by atoms with van der Waals surface area (Å²) in [6.45, 7) is 2.35. The van der Waals surface area contributed by atoms with Gasteiger partial charge in [-0.15, -0.1) is 0 Å². The molecule has 5 nitrogen and oxygen atoms in total. The Balaban J connectivity index is 1.81. The fraction of sp³-hybridized carbons (Fsp3) is 0.120. The molecule has 0 saturated heterocycles. The average Bonchev–Trinajstić information content (AvgIpc) is 2.79. The van der Waals surface area contributed by atoms with Gasteiger partial charge in [-0.3, -0.25) is 4.79 Å². The van der Waals surface area contributed by atoms with E-state index in [1.165, 1.54) is 6.08 Å². The fourth-order valence-electron chi connectivity index (χ4n) is 2.81. The van der Waals surface area contributed by atoms with Crippen LogP contribution >= 0.6 is 15.9 Å². The molecule has 1 N–H and O–H groups in total. The molecular formula is C25H21BrN2O3. The molecule has 0 bridgehead atoms. The fourth-order valence-corrected chi connectivity index (χ4v) is 3.25. The van der Waals surface area contributed by atoms with Crippen molar-refractivity contribution in [3.05, 3.63) is 93.5 Å². The van der Waals surface area contributed by atoms with Crippen molar-refractivity contribution in [1.29, 1.82) is 5.26 Å². The normalized spacial score (nSPS) is 10.8. The number of nitrogens with one attached hydrogen (secondary N) is 1. The van der Waals surface area contributed by atoms with Crippen molar-refractivity contribution in [1.82, 2.24) is 0 Å². The van der Waals surface area contributed by atoms with E-state index >= 15 is 0 Å². The van der Waals surface area contributed by atoms with E-state index in [1.807, 2.05) is 55.5 Å². The lowest BCUT2D eigenvalue weighted by Crippen LogP contribution is -2.13. The molecular weight excluding hydrogens is 456 g/mol. The molecule has 0 saturated carbocycles.